The molecule has 0 amide bonds. The van der Waals surface area contributed by atoms with Crippen LogP contribution in [-0.4, -0.2) is 47.6 Å². The van der Waals surface area contributed by atoms with Crippen LogP contribution in [0.1, 0.15) is 38.5 Å². The van der Waals surface area contributed by atoms with Crippen LogP contribution >= 0.6 is 0 Å². The summed E-state index contributed by atoms with van der Waals surface area (Å²) in [4.78, 5) is 0. The topological polar surface area (TPSA) is 0 Å². The Bertz CT molecular complexity index is 651. The highest BCUT2D eigenvalue weighted by Gasteiger charge is 2.95. The van der Waals surface area contributed by atoms with Gasteiger partial charge in [-0.25, -0.2) is 0 Å². The van der Waals surface area contributed by atoms with E-state index in [1.807, 2.05) is 0 Å². The summed E-state index contributed by atoms with van der Waals surface area (Å²) in [7, 11) is 0. The Morgan fingerprint density at radius 3 is 0.938 bits per heavy atom. The first-order valence-electron chi connectivity index (χ1n) is 8.57. The van der Waals surface area contributed by atoms with E-state index in [0.29, 0.717) is 0 Å². The van der Waals surface area contributed by atoms with Gasteiger partial charge in [0, 0.05) is 5.92 Å². The minimum absolute atomic E-state index is 0.113. The predicted octanol–water partition coefficient (Wildman–Crippen LogP) is 7.97. The first-order chi connectivity index (χ1) is 13.9. The van der Waals surface area contributed by atoms with E-state index in [2.05, 4.69) is 0 Å². The molecule has 0 aromatic rings. The molecule has 0 aromatic carbocycles. The molecule has 0 heterocycles. The monoisotopic (exact) mass is 516 g/mol. The molecule has 32 heavy (non-hydrogen) atoms. The van der Waals surface area contributed by atoms with Gasteiger partial charge in [0.25, 0.3) is 0 Å². The molecular formula is C15H13F17. The van der Waals surface area contributed by atoms with E-state index < -0.39 is 66.4 Å². The molecule has 0 saturated heterocycles. The van der Waals surface area contributed by atoms with E-state index in [1.54, 1.807) is 0 Å². The van der Waals surface area contributed by atoms with Crippen molar-refractivity contribution in [3.8, 4) is 0 Å². The molecule has 0 radical (unpaired) electrons. The molecule has 1 fully saturated rings. The SMILES string of the molecule is FC(F)(F)C(F)(F)C(F)(F)C(F)(F)C(F)(F)C(F)(F)C(F)(F)C(F)(F)C1CCCCCC1. The van der Waals surface area contributed by atoms with Gasteiger partial charge in [-0.1, -0.05) is 25.7 Å². The molecule has 0 unspecified atom stereocenters. The van der Waals surface area contributed by atoms with Crippen molar-refractivity contribution in [2.75, 3.05) is 0 Å². The number of halogens is 17. The maximum Gasteiger partial charge on any atom is 0.460 e. The van der Waals surface area contributed by atoms with Gasteiger partial charge in [-0.15, -0.1) is 0 Å². The van der Waals surface area contributed by atoms with Crippen LogP contribution in [-0.2, 0) is 0 Å². The van der Waals surface area contributed by atoms with E-state index in [-0.39, 0.29) is 25.7 Å². The average Bonchev–Trinajstić information content (AvgIpc) is 2.89. The van der Waals surface area contributed by atoms with Gasteiger partial charge in [-0.2, -0.15) is 74.6 Å². The lowest BCUT2D eigenvalue weighted by atomic mass is 9.82. The van der Waals surface area contributed by atoms with Crippen LogP contribution in [0.5, 0.6) is 0 Å². The summed E-state index contributed by atoms with van der Waals surface area (Å²) in [6, 6.07) is 0. The summed E-state index contributed by atoms with van der Waals surface area (Å²) in [5.74, 6) is -58.5. The van der Waals surface area contributed by atoms with Crippen molar-refractivity contribution >= 4 is 0 Å². The van der Waals surface area contributed by atoms with Crippen LogP contribution in [0.15, 0.2) is 0 Å². The fourth-order valence-corrected chi connectivity index (χ4v) is 3.07. The fourth-order valence-electron chi connectivity index (χ4n) is 3.07. The highest BCUT2D eigenvalue weighted by Crippen LogP contribution is 2.65. The van der Waals surface area contributed by atoms with Crippen LogP contribution in [0, 0.1) is 5.92 Å². The van der Waals surface area contributed by atoms with Crippen molar-refractivity contribution in [1.29, 1.82) is 0 Å². The Morgan fingerprint density at radius 2 is 0.625 bits per heavy atom. The number of hydrogen-bond acceptors (Lipinski definition) is 0. The third-order valence-corrected chi connectivity index (χ3v) is 5.11. The maximum atomic E-state index is 14.1. The molecule has 0 spiro atoms. The maximum absolute atomic E-state index is 14.1. The van der Waals surface area contributed by atoms with Crippen LogP contribution in [0.25, 0.3) is 0 Å². The highest BCUT2D eigenvalue weighted by molar-refractivity contribution is 5.15. The molecule has 1 rings (SSSR count). The number of alkyl halides is 17. The zero-order valence-electron chi connectivity index (χ0n) is 15.2. The van der Waals surface area contributed by atoms with Gasteiger partial charge in [-0.05, 0) is 12.8 Å². The van der Waals surface area contributed by atoms with Crippen LogP contribution in [0.3, 0.4) is 0 Å². The smallest absolute Gasteiger partial charge is 0.199 e. The summed E-state index contributed by atoms with van der Waals surface area (Å²) in [6.07, 6.45) is -10.1. The van der Waals surface area contributed by atoms with Crippen molar-refractivity contribution < 1.29 is 74.6 Å². The first-order valence-corrected chi connectivity index (χ1v) is 8.57. The molecule has 0 aromatic heterocycles. The molecule has 0 atom stereocenters. The zero-order valence-corrected chi connectivity index (χ0v) is 15.2. The van der Waals surface area contributed by atoms with E-state index >= 15 is 0 Å². The molecule has 0 aliphatic heterocycles. The molecule has 0 N–H and O–H groups in total. The van der Waals surface area contributed by atoms with Gasteiger partial charge in [0.2, 0.25) is 0 Å². The van der Waals surface area contributed by atoms with Gasteiger partial charge in [-0.3, -0.25) is 0 Å². The standard InChI is InChI=1S/C15H13F17/c16-8(17,7-5-3-1-2-4-6-7)9(18,19)10(20,21)11(22,23)12(24,25)13(26,27)14(28,29)15(30,31)32/h7H,1-6H2. The molecule has 192 valence electrons. The second-order valence-corrected chi connectivity index (χ2v) is 7.26. The third kappa shape index (κ3) is 3.78. The molecule has 17 heteroatoms. The van der Waals surface area contributed by atoms with Gasteiger partial charge in [0.15, 0.2) is 0 Å². The van der Waals surface area contributed by atoms with Crippen molar-refractivity contribution in [2.45, 2.75) is 86.2 Å². The molecule has 1 aliphatic carbocycles. The third-order valence-electron chi connectivity index (χ3n) is 5.11. The Balaban J connectivity index is 3.57. The predicted molar refractivity (Wildman–Crippen MR) is 71.9 cm³/mol. The van der Waals surface area contributed by atoms with E-state index in [9.17, 15) is 74.6 Å². The lowest BCUT2D eigenvalue weighted by Gasteiger charge is -2.44. The lowest BCUT2D eigenvalue weighted by molar-refractivity contribution is -0.463. The second kappa shape index (κ2) is 7.94. The molecule has 1 aliphatic rings. The Morgan fingerprint density at radius 1 is 0.344 bits per heavy atom. The minimum Gasteiger partial charge on any atom is -0.199 e. The van der Waals surface area contributed by atoms with E-state index in [1.165, 1.54) is 0 Å². The van der Waals surface area contributed by atoms with E-state index in [0.717, 1.165) is 0 Å². The van der Waals surface area contributed by atoms with Crippen LogP contribution in [0.4, 0.5) is 74.6 Å². The summed E-state index contributed by atoms with van der Waals surface area (Å²) in [5, 5.41) is 0. The van der Waals surface area contributed by atoms with E-state index in [4.69, 9.17) is 0 Å². The number of rotatable bonds is 7. The minimum atomic E-state index is -8.56. The second-order valence-electron chi connectivity index (χ2n) is 7.26. The Labute approximate surface area is 168 Å². The fraction of sp³-hybridized carbons (Fsp3) is 1.00. The lowest BCUT2D eigenvalue weighted by Crippen LogP contribution is -2.74. The summed E-state index contributed by atoms with van der Waals surface area (Å²) in [6.45, 7) is 0. The molecular weight excluding hydrogens is 503 g/mol. The largest absolute Gasteiger partial charge is 0.460 e. The van der Waals surface area contributed by atoms with Gasteiger partial charge >= 0.3 is 47.6 Å². The average molecular weight is 516 g/mol. The van der Waals surface area contributed by atoms with Gasteiger partial charge in [0.05, 0.1) is 0 Å². The van der Waals surface area contributed by atoms with Gasteiger partial charge in [0.1, 0.15) is 0 Å². The molecule has 0 nitrogen and oxygen atoms in total. The quantitative estimate of drug-likeness (QED) is 0.238. The number of hydrogen-bond donors (Lipinski definition) is 0. The summed E-state index contributed by atoms with van der Waals surface area (Å²) < 4.78 is 225. The Kier molecular flexibility index (Phi) is 7.16. The van der Waals surface area contributed by atoms with Crippen LogP contribution in [0.2, 0.25) is 0 Å². The van der Waals surface area contributed by atoms with Crippen molar-refractivity contribution in [1.82, 2.24) is 0 Å². The molecule has 1 saturated carbocycles. The molecule has 0 bridgehead atoms. The first kappa shape index (κ1) is 28.8. The summed E-state index contributed by atoms with van der Waals surface area (Å²) >= 11 is 0. The van der Waals surface area contributed by atoms with Crippen LogP contribution < -0.4 is 0 Å². The Hall–Kier alpha value is -1.19. The van der Waals surface area contributed by atoms with Crippen molar-refractivity contribution in [2.24, 2.45) is 5.92 Å². The van der Waals surface area contributed by atoms with Crippen molar-refractivity contribution in [3.63, 3.8) is 0 Å². The highest BCUT2D eigenvalue weighted by atomic mass is 19.4. The van der Waals surface area contributed by atoms with Crippen molar-refractivity contribution in [3.05, 3.63) is 0 Å². The zero-order chi connectivity index (χ0) is 25.8. The summed E-state index contributed by atoms with van der Waals surface area (Å²) in [5.41, 5.74) is 0. The normalized spacial score (nSPS) is 19.8. The van der Waals surface area contributed by atoms with Gasteiger partial charge < -0.3 is 0 Å².